The first-order valence-electron chi connectivity index (χ1n) is 8.87. The first kappa shape index (κ1) is 23.2. The molecule has 1 aliphatic rings. The van der Waals surface area contributed by atoms with Crippen LogP contribution in [0.4, 0.5) is 5.82 Å². The Balaban J connectivity index is 0.00000182. The molecule has 27 heavy (non-hydrogen) atoms. The SMILES string of the molecule is Cc1cc(N)nc(C)c1-c1ccc(C(=O)NCC2CCNCC2)cc1.Cl.Cl. The monoisotopic (exact) mass is 410 g/mol. The lowest BCUT2D eigenvalue weighted by atomic mass is 9.97. The first-order valence-corrected chi connectivity index (χ1v) is 8.87. The zero-order valence-electron chi connectivity index (χ0n) is 15.7. The van der Waals surface area contributed by atoms with Crippen LogP contribution in [0.2, 0.25) is 0 Å². The first-order chi connectivity index (χ1) is 12.0. The van der Waals surface area contributed by atoms with Gasteiger partial charge < -0.3 is 16.4 Å². The molecule has 0 atom stereocenters. The normalized spacial score (nSPS) is 14.0. The molecule has 5 nitrogen and oxygen atoms in total. The molecule has 1 amide bonds. The Hall–Kier alpha value is -1.82. The van der Waals surface area contributed by atoms with E-state index in [1.165, 1.54) is 0 Å². The molecule has 0 aliphatic carbocycles. The highest BCUT2D eigenvalue weighted by Gasteiger charge is 2.15. The van der Waals surface area contributed by atoms with E-state index < -0.39 is 0 Å². The number of nitrogen functional groups attached to an aromatic ring is 1. The summed E-state index contributed by atoms with van der Waals surface area (Å²) in [5.74, 6) is 1.11. The van der Waals surface area contributed by atoms with Crippen molar-refractivity contribution in [1.82, 2.24) is 15.6 Å². The third kappa shape index (κ3) is 5.83. The molecule has 1 aromatic carbocycles. The second kappa shape index (κ2) is 10.5. The summed E-state index contributed by atoms with van der Waals surface area (Å²) in [5, 5.41) is 6.41. The Morgan fingerprint density at radius 3 is 2.41 bits per heavy atom. The molecule has 1 fully saturated rings. The number of benzene rings is 1. The number of aromatic nitrogens is 1. The van der Waals surface area contributed by atoms with Gasteiger partial charge >= 0.3 is 0 Å². The van der Waals surface area contributed by atoms with E-state index in [1.54, 1.807) is 0 Å². The summed E-state index contributed by atoms with van der Waals surface area (Å²) < 4.78 is 0. The molecule has 2 heterocycles. The average molecular weight is 411 g/mol. The number of nitrogens with two attached hydrogens (primary N) is 1. The molecular weight excluding hydrogens is 383 g/mol. The van der Waals surface area contributed by atoms with Gasteiger partial charge in [-0.2, -0.15) is 0 Å². The Kier molecular flexibility index (Phi) is 9.03. The van der Waals surface area contributed by atoms with Crippen molar-refractivity contribution < 1.29 is 4.79 Å². The third-order valence-electron chi connectivity index (χ3n) is 4.86. The maximum atomic E-state index is 12.4. The molecule has 7 heteroatoms. The number of hydrogen-bond donors (Lipinski definition) is 3. The minimum absolute atomic E-state index is 0. The minimum atomic E-state index is -0.00559. The van der Waals surface area contributed by atoms with Crippen LogP contribution in [0.1, 0.15) is 34.5 Å². The van der Waals surface area contributed by atoms with Crippen LogP contribution in [0.3, 0.4) is 0 Å². The van der Waals surface area contributed by atoms with Crippen molar-refractivity contribution in [2.45, 2.75) is 26.7 Å². The van der Waals surface area contributed by atoms with Gasteiger partial charge in [-0.05, 0) is 75.0 Å². The van der Waals surface area contributed by atoms with E-state index in [0.717, 1.165) is 54.9 Å². The number of aryl methyl sites for hydroxylation is 2. The van der Waals surface area contributed by atoms with Crippen molar-refractivity contribution in [3.8, 4) is 11.1 Å². The van der Waals surface area contributed by atoms with Gasteiger partial charge in [0.2, 0.25) is 0 Å². The van der Waals surface area contributed by atoms with Crippen molar-refractivity contribution in [2.75, 3.05) is 25.4 Å². The molecule has 1 aromatic heterocycles. The zero-order chi connectivity index (χ0) is 17.8. The number of halogens is 2. The van der Waals surface area contributed by atoms with E-state index in [2.05, 4.69) is 15.6 Å². The number of pyridine rings is 1. The molecule has 1 saturated heterocycles. The van der Waals surface area contributed by atoms with Crippen molar-refractivity contribution >= 4 is 36.5 Å². The van der Waals surface area contributed by atoms with E-state index in [0.29, 0.717) is 17.3 Å². The van der Waals surface area contributed by atoms with E-state index in [1.807, 2.05) is 44.2 Å². The Morgan fingerprint density at radius 1 is 1.19 bits per heavy atom. The Bertz CT molecular complexity index is 736. The van der Waals surface area contributed by atoms with Gasteiger partial charge in [0.15, 0.2) is 0 Å². The maximum Gasteiger partial charge on any atom is 0.251 e. The molecule has 0 radical (unpaired) electrons. The van der Waals surface area contributed by atoms with Crippen LogP contribution in [0.15, 0.2) is 30.3 Å². The van der Waals surface area contributed by atoms with E-state index in [4.69, 9.17) is 5.73 Å². The fraction of sp³-hybridized carbons (Fsp3) is 0.400. The quantitative estimate of drug-likeness (QED) is 0.719. The summed E-state index contributed by atoms with van der Waals surface area (Å²) in [4.78, 5) is 16.7. The summed E-state index contributed by atoms with van der Waals surface area (Å²) in [5.41, 5.74) is 10.6. The zero-order valence-corrected chi connectivity index (χ0v) is 17.4. The van der Waals surface area contributed by atoms with Crippen LogP contribution in [0.25, 0.3) is 11.1 Å². The number of amides is 1. The highest BCUT2D eigenvalue weighted by Crippen LogP contribution is 2.27. The van der Waals surface area contributed by atoms with Gasteiger partial charge in [0.1, 0.15) is 5.82 Å². The fourth-order valence-electron chi connectivity index (χ4n) is 3.51. The smallest absolute Gasteiger partial charge is 0.251 e. The van der Waals surface area contributed by atoms with Gasteiger partial charge in [0.25, 0.3) is 5.91 Å². The summed E-state index contributed by atoms with van der Waals surface area (Å²) in [7, 11) is 0. The van der Waals surface area contributed by atoms with E-state index >= 15 is 0 Å². The molecule has 2 aromatic rings. The Labute approximate surface area is 173 Å². The molecule has 1 aliphatic heterocycles. The summed E-state index contributed by atoms with van der Waals surface area (Å²) in [6.07, 6.45) is 2.25. The summed E-state index contributed by atoms with van der Waals surface area (Å²) >= 11 is 0. The molecule has 148 valence electrons. The van der Waals surface area contributed by atoms with Gasteiger partial charge in [-0.3, -0.25) is 4.79 Å². The predicted octanol–water partition coefficient (Wildman–Crippen LogP) is 3.52. The van der Waals surface area contributed by atoms with Crippen LogP contribution in [-0.4, -0.2) is 30.5 Å². The van der Waals surface area contributed by atoms with Crippen LogP contribution in [0, 0.1) is 19.8 Å². The average Bonchev–Trinajstić information content (AvgIpc) is 2.60. The topological polar surface area (TPSA) is 80.0 Å². The molecular formula is C20H28Cl2N4O. The highest BCUT2D eigenvalue weighted by atomic mass is 35.5. The number of nitrogens with zero attached hydrogens (tertiary/aromatic N) is 1. The number of nitrogens with one attached hydrogen (secondary N) is 2. The predicted molar refractivity (Wildman–Crippen MR) is 116 cm³/mol. The molecule has 3 rings (SSSR count). The number of piperidine rings is 1. The van der Waals surface area contributed by atoms with Crippen LogP contribution in [-0.2, 0) is 0 Å². The van der Waals surface area contributed by atoms with Crippen molar-refractivity contribution in [1.29, 1.82) is 0 Å². The summed E-state index contributed by atoms with van der Waals surface area (Å²) in [6.45, 7) is 6.83. The van der Waals surface area contributed by atoms with Crippen LogP contribution >= 0.6 is 24.8 Å². The molecule has 4 N–H and O–H groups in total. The molecule has 0 unspecified atom stereocenters. The van der Waals surface area contributed by atoms with Crippen LogP contribution < -0.4 is 16.4 Å². The number of rotatable bonds is 4. The lowest BCUT2D eigenvalue weighted by Crippen LogP contribution is -2.35. The minimum Gasteiger partial charge on any atom is -0.384 e. The lowest BCUT2D eigenvalue weighted by molar-refractivity contribution is 0.0944. The third-order valence-corrected chi connectivity index (χ3v) is 4.86. The molecule has 0 spiro atoms. The van der Waals surface area contributed by atoms with Gasteiger partial charge in [0, 0.05) is 23.4 Å². The number of anilines is 1. The molecule has 0 saturated carbocycles. The lowest BCUT2D eigenvalue weighted by Gasteiger charge is -2.22. The summed E-state index contributed by atoms with van der Waals surface area (Å²) in [6, 6.07) is 9.59. The highest BCUT2D eigenvalue weighted by molar-refractivity contribution is 5.94. The largest absolute Gasteiger partial charge is 0.384 e. The number of hydrogen-bond acceptors (Lipinski definition) is 4. The second-order valence-corrected chi connectivity index (χ2v) is 6.81. The van der Waals surface area contributed by atoms with Gasteiger partial charge in [0.05, 0.1) is 0 Å². The van der Waals surface area contributed by atoms with Gasteiger partial charge in [-0.15, -0.1) is 24.8 Å². The molecule has 0 bridgehead atoms. The fourth-order valence-corrected chi connectivity index (χ4v) is 3.51. The van der Waals surface area contributed by atoms with Crippen LogP contribution in [0.5, 0.6) is 0 Å². The number of carbonyl (C=O) groups excluding carboxylic acids is 1. The Morgan fingerprint density at radius 2 is 1.81 bits per heavy atom. The van der Waals surface area contributed by atoms with Crippen molar-refractivity contribution in [2.24, 2.45) is 5.92 Å². The van der Waals surface area contributed by atoms with Crippen molar-refractivity contribution in [3.63, 3.8) is 0 Å². The number of carbonyl (C=O) groups is 1. The standard InChI is InChI=1S/C20H26N4O.2ClH/c1-13-11-18(21)24-14(2)19(13)16-3-5-17(6-4-16)20(25)23-12-15-7-9-22-10-8-15;;/h3-6,11,15,22H,7-10,12H2,1-2H3,(H2,21,24)(H,23,25);2*1H. The van der Waals surface area contributed by atoms with Gasteiger partial charge in [-0.25, -0.2) is 4.98 Å². The van der Waals surface area contributed by atoms with E-state index in [-0.39, 0.29) is 30.7 Å². The van der Waals surface area contributed by atoms with E-state index in [9.17, 15) is 4.79 Å². The maximum absolute atomic E-state index is 12.4. The second-order valence-electron chi connectivity index (χ2n) is 6.81. The van der Waals surface area contributed by atoms with Gasteiger partial charge in [-0.1, -0.05) is 12.1 Å². The van der Waals surface area contributed by atoms with Crippen molar-refractivity contribution in [3.05, 3.63) is 47.2 Å².